The van der Waals surface area contributed by atoms with Gasteiger partial charge in [-0.1, -0.05) is 20.8 Å². The van der Waals surface area contributed by atoms with Gasteiger partial charge in [0.15, 0.2) is 0 Å². The van der Waals surface area contributed by atoms with E-state index in [1.54, 1.807) is 13.2 Å². The van der Waals surface area contributed by atoms with Crippen LogP contribution in [0.2, 0.25) is 0 Å². The molecule has 0 amide bonds. The van der Waals surface area contributed by atoms with Crippen molar-refractivity contribution in [3.8, 4) is 11.5 Å². The van der Waals surface area contributed by atoms with Gasteiger partial charge in [-0.2, -0.15) is 0 Å². The van der Waals surface area contributed by atoms with E-state index in [0.717, 1.165) is 5.56 Å². The largest absolute Gasteiger partial charge is 0.508 e. The van der Waals surface area contributed by atoms with Crippen LogP contribution in [0.25, 0.3) is 0 Å². The van der Waals surface area contributed by atoms with Crippen molar-refractivity contribution in [2.24, 2.45) is 0 Å². The summed E-state index contributed by atoms with van der Waals surface area (Å²) in [6, 6.07) is 3.65. The van der Waals surface area contributed by atoms with Crippen molar-refractivity contribution in [1.82, 2.24) is 0 Å². The molecule has 5 heteroatoms. The fourth-order valence-electron chi connectivity index (χ4n) is 2.47. The molecule has 1 aliphatic heterocycles. The average molecular weight is 306 g/mol. The molecular formula is C17H27BO4. The fraction of sp³-hybridized carbons (Fsp3) is 0.647. The molecule has 0 aliphatic carbocycles. The summed E-state index contributed by atoms with van der Waals surface area (Å²) in [5.41, 5.74) is 0.320. The van der Waals surface area contributed by atoms with Gasteiger partial charge in [0.1, 0.15) is 11.5 Å². The summed E-state index contributed by atoms with van der Waals surface area (Å²) in [6.45, 7) is 14.1. The molecule has 0 bridgehead atoms. The zero-order chi connectivity index (χ0) is 16.9. The average Bonchev–Trinajstić information content (AvgIpc) is 2.57. The van der Waals surface area contributed by atoms with Crippen LogP contribution >= 0.6 is 0 Å². The standard InChI is InChI=1S/C17H27BO4/c1-15(2,3)12-9-11(20-8)10-13(14(12)19)18-21-16(4,5)17(6,7)22-18/h9-10,19H,1-8H3. The first-order valence-electron chi connectivity index (χ1n) is 7.66. The molecule has 0 aromatic heterocycles. The number of aromatic hydroxyl groups is 1. The molecule has 1 aromatic rings. The predicted octanol–water partition coefficient (Wildman–Crippen LogP) is 3.00. The van der Waals surface area contributed by atoms with Crippen LogP contribution < -0.4 is 10.2 Å². The predicted molar refractivity (Wildman–Crippen MR) is 89.1 cm³/mol. The van der Waals surface area contributed by atoms with Crippen molar-refractivity contribution in [2.45, 2.75) is 65.1 Å². The Morgan fingerprint density at radius 3 is 1.95 bits per heavy atom. The van der Waals surface area contributed by atoms with Crippen LogP contribution in [0.5, 0.6) is 11.5 Å². The lowest BCUT2D eigenvalue weighted by molar-refractivity contribution is 0.00578. The van der Waals surface area contributed by atoms with E-state index in [1.165, 1.54) is 0 Å². The fourth-order valence-corrected chi connectivity index (χ4v) is 2.47. The zero-order valence-electron chi connectivity index (χ0n) is 14.9. The van der Waals surface area contributed by atoms with Crippen molar-refractivity contribution in [3.05, 3.63) is 17.7 Å². The number of rotatable bonds is 2. The zero-order valence-corrected chi connectivity index (χ0v) is 14.9. The normalized spacial score (nSPS) is 20.3. The van der Waals surface area contributed by atoms with Gasteiger partial charge in [-0.05, 0) is 45.2 Å². The van der Waals surface area contributed by atoms with E-state index in [9.17, 15) is 5.11 Å². The molecule has 0 saturated carbocycles. The monoisotopic (exact) mass is 306 g/mol. The summed E-state index contributed by atoms with van der Waals surface area (Å²) < 4.78 is 17.5. The smallest absolute Gasteiger partial charge is 0.498 e. The lowest BCUT2D eigenvalue weighted by Gasteiger charge is -2.32. The van der Waals surface area contributed by atoms with Crippen LogP contribution in [0, 0.1) is 0 Å². The second-order valence-corrected chi connectivity index (χ2v) is 7.95. The summed E-state index contributed by atoms with van der Waals surface area (Å²) in [4.78, 5) is 0. The Morgan fingerprint density at radius 2 is 1.55 bits per heavy atom. The first-order valence-corrected chi connectivity index (χ1v) is 7.66. The Labute approximate surface area is 133 Å². The Bertz CT molecular complexity index is 557. The Balaban J connectivity index is 2.53. The molecule has 2 rings (SSSR count). The quantitative estimate of drug-likeness (QED) is 0.853. The molecule has 1 heterocycles. The van der Waals surface area contributed by atoms with Gasteiger partial charge in [-0.15, -0.1) is 0 Å². The van der Waals surface area contributed by atoms with Crippen molar-refractivity contribution in [1.29, 1.82) is 0 Å². The lowest BCUT2D eigenvalue weighted by atomic mass is 9.74. The van der Waals surface area contributed by atoms with Gasteiger partial charge in [0, 0.05) is 11.0 Å². The molecular weight excluding hydrogens is 279 g/mol. The van der Waals surface area contributed by atoms with E-state index < -0.39 is 18.3 Å². The van der Waals surface area contributed by atoms with Crippen molar-refractivity contribution in [3.63, 3.8) is 0 Å². The van der Waals surface area contributed by atoms with Crippen LogP contribution in [0.3, 0.4) is 0 Å². The molecule has 1 fully saturated rings. The molecule has 1 saturated heterocycles. The summed E-state index contributed by atoms with van der Waals surface area (Å²) in [7, 11) is 1.01. The lowest BCUT2D eigenvalue weighted by Crippen LogP contribution is -2.41. The molecule has 0 spiro atoms. The number of ether oxygens (including phenoxy) is 1. The number of phenols is 1. The molecule has 1 N–H and O–H groups in total. The highest BCUT2D eigenvalue weighted by Crippen LogP contribution is 2.39. The Hall–Kier alpha value is -1.20. The third kappa shape index (κ3) is 2.84. The van der Waals surface area contributed by atoms with Gasteiger partial charge in [-0.3, -0.25) is 0 Å². The second-order valence-electron chi connectivity index (χ2n) is 7.95. The van der Waals surface area contributed by atoms with E-state index in [0.29, 0.717) is 11.2 Å². The van der Waals surface area contributed by atoms with Gasteiger partial charge >= 0.3 is 7.12 Å². The van der Waals surface area contributed by atoms with Crippen LogP contribution in [0.15, 0.2) is 12.1 Å². The number of phenolic OH excluding ortho intramolecular Hbond substituents is 1. The van der Waals surface area contributed by atoms with Gasteiger partial charge in [0.05, 0.1) is 18.3 Å². The van der Waals surface area contributed by atoms with Gasteiger partial charge in [0.25, 0.3) is 0 Å². The maximum Gasteiger partial charge on any atom is 0.498 e. The van der Waals surface area contributed by atoms with E-state index >= 15 is 0 Å². The van der Waals surface area contributed by atoms with Gasteiger partial charge in [-0.25, -0.2) is 0 Å². The molecule has 0 atom stereocenters. The third-order valence-corrected chi connectivity index (χ3v) is 4.66. The summed E-state index contributed by atoms with van der Waals surface area (Å²) in [5.74, 6) is 0.902. The first-order chi connectivity index (χ1) is 9.89. The van der Waals surface area contributed by atoms with E-state index in [-0.39, 0.29) is 11.2 Å². The van der Waals surface area contributed by atoms with E-state index in [2.05, 4.69) is 20.8 Å². The number of hydrogen-bond donors (Lipinski definition) is 1. The molecule has 4 nitrogen and oxygen atoms in total. The molecule has 1 aromatic carbocycles. The number of methoxy groups -OCH3 is 1. The molecule has 1 aliphatic rings. The van der Waals surface area contributed by atoms with Gasteiger partial charge < -0.3 is 19.2 Å². The summed E-state index contributed by atoms with van der Waals surface area (Å²) in [6.07, 6.45) is 0. The molecule has 0 unspecified atom stereocenters. The second kappa shape index (κ2) is 5.17. The maximum absolute atomic E-state index is 10.7. The molecule has 122 valence electrons. The maximum atomic E-state index is 10.7. The number of hydrogen-bond acceptors (Lipinski definition) is 4. The molecule has 22 heavy (non-hydrogen) atoms. The highest BCUT2D eigenvalue weighted by Gasteiger charge is 2.52. The van der Waals surface area contributed by atoms with Crippen molar-refractivity contribution < 1.29 is 19.2 Å². The van der Waals surface area contributed by atoms with E-state index in [4.69, 9.17) is 14.0 Å². The van der Waals surface area contributed by atoms with E-state index in [1.807, 2.05) is 33.8 Å². The SMILES string of the molecule is COc1cc(B2OC(C)(C)C(C)(C)O2)c(O)c(C(C)(C)C)c1. The van der Waals surface area contributed by atoms with Crippen LogP contribution in [0.4, 0.5) is 0 Å². The minimum Gasteiger partial charge on any atom is -0.508 e. The van der Waals surface area contributed by atoms with Crippen LogP contribution in [-0.2, 0) is 14.7 Å². The Morgan fingerprint density at radius 1 is 1.05 bits per heavy atom. The topological polar surface area (TPSA) is 47.9 Å². The van der Waals surface area contributed by atoms with Crippen molar-refractivity contribution in [2.75, 3.05) is 7.11 Å². The third-order valence-electron chi connectivity index (χ3n) is 4.66. The minimum atomic E-state index is -0.610. The minimum absolute atomic E-state index is 0.211. The number of benzene rings is 1. The van der Waals surface area contributed by atoms with Crippen LogP contribution in [-0.4, -0.2) is 30.5 Å². The van der Waals surface area contributed by atoms with Gasteiger partial charge in [0.2, 0.25) is 0 Å². The highest BCUT2D eigenvalue weighted by atomic mass is 16.7. The Kier molecular flexibility index (Phi) is 4.03. The van der Waals surface area contributed by atoms with Crippen molar-refractivity contribution >= 4 is 12.6 Å². The summed E-state index contributed by atoms with van der Waals surface area (Å²) in [5, 5.41) is 10.7. The molecule has 0 radical (unpaired) electrons. The van der Waals surface area contributed by atoms with Crippen LogP contribution in [0.1, 0.15) is 54.0 Å². The highest BCUT2D eigenvalue weighted by molar-refractivity contribution is 6.63. The first kappa shape index (κ1) is 17.2. The summed E-state index contributed by atoms with van der Waals surface area (Å²) >= 11 is 0.